The molecule has 0 bridgehead atoms. The number of benzene rings is 2. The van der Waals surface area contributed by atoms with Crippen molar-refractivity contribution < 1.29 is 18.1 Å². The molecule has 1 saturated heterocycles. The van der Waals surface area contributed by atoms with Gasteiger partial charge in [-0.15, -0.1) is 0 Å². The first-order chi connectivity index (χ1) is 13.2. The van der Waals surface area contributed by atoms with Crippen molar-refractivity contribution in [3.63, 3.8) is 0 Å². The lowest BCUT2D eigenvalue weighted by molar-refractivity contribution is -0.384. The van der Waals surface area contributed by atoms with E-state index in [1.807, 2.05) is 0 Å². The Bertz CT molecular complexity index is 1050. The average molecular weight is 444 g/mol. The molecular formula is C17H15Cl2N3O5S. The standard InChI is InChI=1S/C17H15Cl2N3O5S/c18-14-10-15(19)16(28(26,27)21-6-1-2-7-21)9-13(14)17(23)20-11-4-3-5-12(8-11)22(24)25/h3-5,8-10H,1-2,6-7H2,(H,20,23). The van der Waals surface area contributed by atoms with Crippen LogP contribution in [0.2, 0.25) is 10.0 Å². The first-order valence-electron chi connectivity index (χ1n) is 8.25. The molecule has 1 fully saturated rings. The number of rotatable bonds is 5. The lowest BCUT2D eigenvalue weighted by Crippen LogP contribution is -2.28. The molecule has 8 nitrogen and oxygen atoms in total. The second-order valence-corrected chi connectivity index (χ2v) is 8.86. The topological polar surface area (TPSA) is 110 Å². The molecule has 1 amide bonds. The first kappa shape index (κ1) is 20.5. The number of hydrogen-bond donors (Lipinski definition) is 1. The molecule has 0 saturated carbocycles. The van der Waals surface area contributed by atoms with Crippen LogP contribution >= 0.6 is 23.2 Å². The summed E-state index contributed by atoms with van der Waals surface area (Å²) < 4.78 is 26.9. The van der Waals surface area contributed by atoms with Crippen molar-refractivity contribution in [1.82, 2.24) is 4.31 Å². The molecule has 148 valence electrons. The largest absolute Gasteiger partial charge is 0.322 e. The zero-order chi connectivity index (χ0) is 20.5. The third-order valence-electron chi connectivity index (χ3n) is 4.26. The summed E-state index contributed by atoms with van der Waals surface area (Å²) in [6.45, 7) is 0.771. The Kier molecular flexibility index (Phi) is 5.90. The van der Waals surface area contributed by atoms with E-state index in [1.54, 1.807) is 0 Å². The molecule has 0 aliphatic carbocycles. The highest BCUT2D eigenvalue weighted by molar-refractivity contribution is 7.89. The first-order valence-corrected chi connectivity index (χ1v) is 10.4. The predicted molar refractivity (Wildman–Crippen MR) is 106 cm³/mol. The van der Waals surface area contributed by atoms with Crippen LogP contribution in [0.4, 0.5) is 11.4 Å². The van der Waals surface area contributed by atoms with Gasteiger partial charge in [-0.25, -0.2) is 8.42 Å². The van der Waals surface area contributed by atoms with E-state index in [0.29, 0.717) is 13.1 Å². The van der Waals surface area contributed by atoms with E-state index in [4.69, 9.17) is 23.2 Å². The number of nitrogens with one attached hydrogen (secondary N) is 1. The molecular weight excluding hydrogens is 429 g/mol. The van der Waals surface area contributed by atoms with Crippen LogP contribution in [0.25, 0.3) is 0 Å². The summed E-state index contributed by atoms with van der Waals surface area (Å²) >= 11 is 12.2. The molecule has 0 radical (unpaired) electrons. The lowest BCUT2D eigenvalue weighted by Gasteiger charge is -2.17. The Balaban J connectivity index is 1.94. The van der Waals surface area contributed by atoms with E-state index in [9.17, 15) is 23.3 Å². The summed E-state index contributed by atoms with van der Waals surface area (Å²) in [5.74, 6) is -0.708. The average Bonchev–Trinajstić information content (AvgIpc) is 3.17. The van der Waals surface area contributed by atoms with Gasteiger partial charge in [0.25, 0.3) is 11.6 Å². The summed E-state index contributed by atoms with van der Waals surface area (Å²) in [7, 11) is -3.86. The van der Waals surface area contributed by atoms with Crippen molar-refractivity contribution >= 4 is 50.5 Å². The number of nitro groups is 1. The van der Waals surface area contributed by atoms with Crippen molar-refractivity contribution in [3.05, 3.63) is 62.1 Å². The number of non-ortho nitro benzene ring substituents is 1. The fourth-order valence-electron chi connectivity index (χ4n) is 2.86. The van der Waals surface area contributed by atoms with Crippen LogP contribution in [-0.4, -0.2) is 36.6 Å². The van der Waals surface area contributed by atoms with Gasteiger partial charge < -0.3 is 5.32 Å². The second kappa shape index (κ2) is 8.04. The molecule has 2 aromatic carbocycles. The van der Waals surface area contributed by atoms with Crippen LogP contribution in [0, 0.1) is 10.1 Å². The van der Waals surface area contributed by atoms with E-state index in [1.165, 1.54) is 34.6 Å². The van der Waals surface area contributed by atoms with Gasteiger partial charge in [-0.05, 0) is 31.0 Å². The zero-order valence-electron chi connectivity index (χ0n) is 14.4. The van der Waals surface area contributed by atoms with Gasteiger partial charge in [-0.1, -0.05) is 29.3 Å². The van der Waals surface area contributed by atoms with Crippen LogP contribution in [0.1, 0.15) is 23.2 Å². The number of carbonyl (C=O) groups excluding carboxylic acids is 1. The molecule has 1 aliphatic heterocycles. The number of nitrogens with zero attached hydrogens (tertiary/aromatic N) is 2. The quantitative estimate of drug-likeness (QED) is 0.555. The van der Waals surface area contributed by atoms with E-state index in [2.05, 4.69) is 5.32 Å². The molecule has 1 aliphatic rings. The van der Waals surface area contributed by atoms with Crippen LogP contribution in [0.15, 0.2) is 41.3 Å². The maximum Gasteiger partial charge on any atom is 0.271 e. The van der Waals surface area contributed by atoms with E-state index >= 15 is 0 Å². The Morgan fingerprint density at radius 3 is 2.43 bits per heavy atom. The number of amides is 1. The highest BCUT2D eigenvalue weighted by Crippen LogP contribution is 2.32. The fourth-order valence-corrected chi connectivity index (χ4v) is 5.21. The van der Waals surface area contributed by atoms with Gasteiger partial charge in [0.2, 0.25) is 10.0 Å². The maximum absolute atomic E-state index is 12.8. The zero-order valence-corrected chi connectivity index (χ0v) is 16.7. The highest BCUT2D eigenvalue weighted by atomic mass is 35.5. The maximum atomic E-state index is 12.8. The normalized spacial score (nSPS) is 14.8. The third kappa shape index (κ3) is 4.12. The molecule has 28 heavy (non-hydrogen) atoms. The predicted octanol–water partition coefficient (Wildman–Crippen LogP) is 3.94. The Labute approximate surface area is 171 Å². The van der Waals surface area contributed by atoms with Gasteiger partial charge >= 0.3 is 0 Å². The summed E-state index contributed by atoms with van der Waals surface area (Å²) in [6, 6.07) is 7.69. The van der Waals surface area contributed by atoms with Crippen LogP contribution in [-0.2, 0) is 10.0 Å². The smallest absolute Gasteiger partial charge is 0.271 e. The molecule has 0 spiro atoms. The number of carbonyl (C=O) groups is 1. The summed E-state index contributed by atoms with van der Waals surface area (Å²) in [5.41, 5.74) is -0.123. The molecule has 0 aromatic heterocycles. The SMILES string of the molecule is O=C(Nc1cccc([N+](=O)[O-])c1)c1cc(S(=O)(=O)N2CCCC2)c(Cl)cc1Cl. The Morgan fingerprint density at radius 2 is 1.79 bits per heavy atom. The van der Waals surface area contributed by atoms with Gasteiger partial charge in [0.05, 0.1) is 20.5 Å². The van der Waals surface area contributed by atoms with Crippen molar-refractivity contribution in [1.29, 1.82) is 0 Å². The minimum Gasteiger partial charge on any atom is -0.322 e. The Hall–Kier alpha value is -2.20. The van der Waals surface area contributed by atoms with Gasteiger partial charge in [0.1, 0.15) is 4.90 Å². The van der Waals surface area contributed by atoms with Crippen LogP contribution < -0.4 is 5.32 Å². The third-order valence-corrected chi connectivity index (χ3v) is 6.94. The molecule has 11 heteroatoms. The number of anilines is 1. The van der Waals surface area contributed by atoms with E-state index in [-0.39, 0.29) is 31.9 Å². The summed E-state index contributed by atoms with van der Waals surface area (Å²) in [5, 5.41) is 13.2. The lowest BCUT2D eigenvalue weighted by atomic mass is 10.2. The van der Waals surface area contributed by atoms with Gasteiger partial charge in [0.15, 0.2) is 0 Å². The van der Waals surface area contributed by atoms with Gasteiger partial charge in [0, 0.05) is 30.9 Å². The van der Waals surface area contributed by atoms with Crippen molar-refractivity contribution in [2.45, 2.75) is 17.7 Å². The van der Waals surface area contributed by atoms with E-state index < -0.39 is 20.9 Å². The molecule has 0 atom stereocenters. The Morgan fingerprint density at radius 1 is 1.11 bits per heavy atom. The van der Waals surface area contributed by atoms with Crippen molar-refractivity contribution in [2.75, 3.05) is 18.4 Å². The highest BCUT2D eigenvalue weighted by Gasteiger charge is 2.30. The number of halogens is 2. The number of hydrogen-bond acceptors (Lipinski definition) is 5. The summed E-state index contributed by atoms with van der Waals surface area (Å²) in [6.07, 6.45) is 1.51. The van der Waals surface area contributed by atoms with Crippen LogP contribution in [0.5, 0.6) is 0 Å². The molecule has 1 N–H and O–H groups in total. The minimum atomic E-state index is -3.86. The summed E-state index contributed by atoms with van der Waals surface area (Å²) in [4.78, 5) is 22.7. The molecule has 2 aromatic rings. The van der Waals surface area contributed by atoms with E-state index in [0.717, 1.165) is 18.9 Å². The van der Waals surface area contributed by atoms with Crippen molar-refractivity contribution in [3.8, 4) is 0 Å². The molecule has 1 heterocycles. The monoisotopic (exact) mass is 443 g/mol. The second-order valence-electron chi connectivity index (χ2n) is 6.14. The number of nitro benzene ring substituents is 1. The molecule has 3 rings (SSSR count). The van der Waals surface area contributed by atoms with Gasteiger partial charge in [-0.2, -0.15) is 4.31 Å². The molecule has 0 unspecified atom stereocenters. The minimum absolute atomic E-state index is 0.0340. The number of sulfonamides is 1. The van der Waals surface area contributed by atoms with Crippen LogP contribution in [0.3, 0.4) is 0 Å². The van der Waals surface area contributed by atoms with Gasteiger partial charge in [-0.3, -0.25) is 14.9 Å². The van der Waals surface area contributed by atoms with Crippen molar-refractivity contribution in [2.24, 2.45) is 0 Å². The fraction of sp³-hybridized carbons (Fsp3) is 0.235.